The highest BCUT2D eigenvalue weighted by Crippen LogP contribution is 2.47. The fourth-order valence-corrected chi connectivity index (χ4v) is 5.10. The smallest absolute Gasteiger partial charge is 0.337 e. The molecule has 3 atom stereocenters. The van der Waals surface area contributed by atoms with Crippen LogP contribution in [0.15, 0.2) is 24.3 Å². The van der Waals surface area contributed by atoms with Gasteiger partial charge in [0.2, 0.25) is 0 Å². The van der Waals surface area contributed by atoms with E-state index < -0.39 is 0 Å². The lowest BCUT2D eigenvalue weighted by atomic mass is 9.65. The normalized spacial score (nSPS) is 32.7. The van der Waals surface area contributed by atoms with Crippen molar-refractivity contribution in [3.8, 4) is 0 Å². The summed E-state index contributed by atoms with van der Waals surface area (Å²) in [7, 11) is 1.42. The zero-order chi connectivity index (χ0) is 16.0. The topological polar surface area (TPSA) is 30.7 Å². The van der Waals surface area contributed by atoms with Gasteiger partial charge in [-0.1, -0.05) is 32.9 Å². The van der Waals surface area contributed by atoms with Gasteiger partial charge in [0, 0.05) is 23.8 Å². The van der Waals surface area contributed by atoms with Gasteiger partial charge in [-0.05, 0) is 24.0 Å². The minimum atomic E-state index is -0.259. The highest BCUT2D eigenvalue weighted by atomic mass is 16.5. The maximum atomic E-state index is 11.5. The predicted molar refractivity (Wildman–Crippen MR) is 86.8 cm³/mol. The average molecular weight is 302 g/mol. The van der Waals surface area contributed by atoms with E-state index in [0.717, 1.165) is 12.6 Å². The maximum Gasteiger partial charge on any atom is 0.337 e. The molecule has 3 nitrogen and oxygen atoms in total. The number of carbonyl (C=O) groups excluding carboxylic acids is 1. The number of fused-ring (bicyclic) bond motifs is 2. The van der Waals surface area contributed by atoms with E-state index >= 15 is 0 Å². The second-order valence-electron chi connectivity index (χ2n) is 8.46. The van der Waals surface area contributed by atoms with Crippen molar-refractivity contribution in [3.05, 3.63) is 35.4 Å². The number of carbonyl (C=O) groups is 1. The number of nitrogens with one attached hydrogen (secondary N) is 1. The number of methoxy groups -OCH3 is 1. The van der Waals surface area contributed by atoms with E-state index in [4.69, 9.17) is 4.74 Å². The van der Waals surface area contributed by atoms with E-state index in [1.165, 1.54) is 38.5 Å². The second kappa shape index (κ2) is 5.38. The fraction of sp³-hybridized carbons (Fsp3) is 0.632. The van der Waals surface area contributed by atoms with Crippen LogP contribution in [-0.4, -0.2) is 25.7 Å². The first-order chi connectivity index (χ1) is 10.3. The van der Waals surface area contributed by atoms with Crippen LogP contribution in [0.3, 0.4) is 0 Å². The van der Waals surface area contributed by atoms with E-state index in [0.29, 0.717) is 16.4 Å². The lowest BCUT2D eigenvalue weighted by molar-refractivity contribution is -0.928. The molecule has 3 rings (SSSR count). The molecule has 1 aromatic carbocycles. The Bertz CT molecular complexity index is 563. The zero-order valence-corrected chi connectivity index (χ0v) is 14.2. The molecule has 1 aliphatic carbocycles. The van der Waals surface area contributed by atoms with Crippen LogP contribution in [0.25, 0.3) is 0 Å². The Balaban J connectivity index is 1.70. The van der Waals surface area contributed by atoms with E-state index in [-0.39, 0.29) is 5.97 Å². The summed E-state index contributed by atoms with van der Waals surface area (Å²) >= 11 is 0. The molecule has 0 amide bonds. The average Bonchev–Trinajstić information content (AvgIpc) is 2.67. The Kier molecular flexibility index (Phi) is 3.80. The molecule has 0 spiro atoms. The quantitative estimate of drug-likeness (QED) is 0.870. The molecule has 0 aromatic heterocycles. The molecule has 120 valence electrons. The fourth-order valence-electron chi connectivity index (χ4n) is 5.10. The maximum absolute atomic E-state index is 11.5. The molecule has 2 fully saturated rings. The number of hydrogen-bond donors (Lipinski definition) is 1. The summed E-state index contributed by atoms with van der Waals surface area (Å²) < 4.78 is 4.76. The van der Waals surface area contributed by atoms with Crippen molar-refractivity contribution in [1.82, 2.24) is 0 Å². The first-order valence-corrected chi connectivity index (χ1v) is 8.32. The number of quaternary nitrogens is 1. The molecule has 1 heterocycles. The van der Waals surface area contributed by atoms with Gasteiger partial charge in [-0.25, -0.2) is 4.79 Å². The van der Waals surface area contributed by atoms with E-state index in [1.54, 1.807) is 4.90 Å². The summed E-state index contributed by atoms with van der Waals surface area (Å²) in [4.78, 5) is 13.2. The van der Waals surface area contributed by atoms with Crippen LogP contribution >= 0.6 is 0 Å². The zero-order valence-electron chi connectivity index (χ0n) is 14.2. The molecule has 1 saturated carbocycles. The van der Waals surface area contributed by atoms with E-state index in [1.807, 2.05) is 12.1 Å². The Morgan fingerprint density at radius 1 is 1.23 bits per heavy atom. The van der Waals surface area contributed by atoms with Crippen LogP contribution in [0.5, 0.6) is 0 Å². The standard InChI is InChI=1S/C19H27NO2/c1-18(2)9-16-10-19(3,12-18)13-20(16)11-14-5-7-15(8-6-14)17(21)22-4/h5-8,16H,9-13H2,1-4H3/p+1/t16-,19-/m0/s1. The van der Waals surface area contributed by atoms with Gasteiger partial charge in [-0.3, -0.25) is 0 Å². The Morgan fingerprint density at radius 2 is 1.91 bits per heavy atom. The molecule has 1 aromatic rings. The van der Waals surface area contributed by atoms with Gasteiger partial charge < -0.3 is 9.64 Å². The third kappa shape index (κ3) is 3.05. The molecular formula is C19H28NO2+. The largest absolute Gasteiger partial charge is 0.465 e. The first kappa shape index (κ1) is 15.5. The van der Waals surface area contributed by atoms with Gasteiger partial charge in [0.15, 0.2) is 0 Å². The molecule has 1 saturated heterocycles. The number of rotatable bonds is 3. The molecule has 3 heteroatoms. The minimum absolute atomic E-state index is 0.259. The van der Waals surface area contributed by atoms with Crippen LogP contribution in [0.1, 0.15) is 56.0 Å². The molecular weight excluding hydrogens is 274 g/mol. The Labute approximate surface area is 133 Å². The summed E-state index contributed by atoms with van der Waals surface area (Å²) in [6.45, 7) is 9.66. The summed E-state index contributed by atoms with van der Waals surface area (Å²) in [5.41, 5.74) is 2.94. The Hall–Kier alpha value is -1.35. The molecule has 1 unspecified atom stereocenters. The highest BCUT2D eigenvalue weighted by Gasteiger charge is 2.52. The number of hydrogen-bond acceptors (Lipinski definition) is 2. The monoisotopic (exact) mass is 302 g/mol. The lowest BCUT2D eigenvalue weighted by Gasteiger charge is -2.37. The SMILES string of the molecule is COC(=O)c1ccc(C[NH+]2C[C@@]3(C)C[C@@H]2CC(C)(C)C3)cc1. The molecule has 2 aliphatic rings. The van der Waals surface area contributed by atoms with Crippen LogP contribution in [0, 0.1) is 10.8 Å². The molecule has 1 aliphatic heterocycles. The van der Waals surface area contributed by atoms with Crippen molar-refractivity contribution < 1.29 is 14.4 Å². The molecule has 1 N–H and O–H groups in total. The summed E-state index contributed by atoms with van der Waals surface area (Å²) in [6, 6.07) is 8.71. The number of benzene rings is 1. The predicted octanol–water partition coefficient (Wildman–Crippen LogP) is 2.46. The minimum Gasteiger partial charge on any atom is -0.465 e. The van der Waals surface area contributed by atoms with Gasteiger partial charge in [0.25, 0.3) is 0 Å². The molecule has 22 heavy (non-hydrogen) atoms. The third-order valence-corrected chi connectivity index (χ3v) is 5.48. The summed E-state index contributed by atoms with van der Waals surface area (Å²) in [5, 5.41) is 0. The number of likely N-dealkylation sites (tertiary alicyclic amines) is 1. The first-order valence-electron chi connectivity index (χ1n) is 8.32. The van der Waals surface area contributed by atoms with Gasteiger partial charge >= 0.3 is 5.97 Å². The Morgan fingerprint density at radius 3 is 2.55 bits per heavy atom. The summed E-state index contributed by atoms with van der Waals surface area (Å²) in [5.74, 6) is -0.259. The van der Waals surface area contributed by atoms with Crippen LogP contribution in [0.2, 0.25) is 0 Å². The van der Waals surface area contributed by atoms with Crippen LogP contribution in [-0.2, 0) is 11.3 Å². The van der Waals surface area contributed by atoms with Crippen LogP contribution in [0.4, 0.5) is 0 Å². The van der Waals surface area contributed by atoms with Crippen molar-refractivity contribution in [1.29, 1.82) is 0 Å². The van der Waals surface area contributed by atoms with Crippen molar-refractivity contribution >= 4 is 5.97 Å². The van der Waals surface area contributed by atoms with Crippen molar-refractivity contribution in [2.45, 2.75) is 52.6 Å². The van der Waals surface area contributed by atoms with E-state index in [9.17, 15) is 4.79 Å². The van der Waals surface area contributed by atoms with Gasteiger partial charge in [0.1, 0.15) is 6.54 Å². The highest BCUT2D eigenvalue weighted by molar-refractivity contribution is 5.89. The van der Waals surface area contributed by atoms with Gasteiger partial charge in [-0.2, -0.15) is 0 Å². The number of esters is 1. The van der Waals surface area contributed by atoms with E-state index in [2.05, 4.69) is 32.9 Å². The van der Waals surface area contributed by atoms with Crippen molar-refractivity contribution in [3.63, 3.8) is 0 Å². The van der Waals surface area contributed by atoms with Gasteiger partial charge in [0.05, 0.1) is 25.3 Å². The lowest BCUT2D eigenvalue weighted by Crippen LogP contribution is -3.12. The third-order valence-electron chi connectivity index (χ3n) is 5.48. The summed E-state index contributed by atoms with van der Waals surface area (Å²) in [6.07, 6.45) is 4.05. The van der Waals surface area contributed by atoms with Crippen molar-refractivity contribution in [2.75, 3.05) is 13.7 Å². The molecule has 0 radical (unpaired) electrons. The molecule has 2 bridgehead atoms. The van der Waals surface area contributed by atoms with Crippen LogP contribution < -0.4 is 4.90 Å². The second-order valence-corrected chi connectivity index (χ2v) is 8.46. The van der Waals surface area contributed by atoms with Crippen molar-refractivity contribution in [2.24, 2.45) is 10.8 Å². The van der Waals surface area contributed by atoms with Gasteiger partial charge in [-0.15, -0.1) is 0 Å². The number of ether oxygens (including phenoxy) is 1.